The van der Waals surface area contributed by atoms with Gasteiger partial charge in [-0.05, 0) is 50.3 Å². The van der Waals surface area contributed by atoms with E-state index in [-0.39, 0.29) is 5.91 Å². The topological polar surface area (TPSA) is 65.0 Å². The Bertz CT molecular complexity index is 809. The zero-order valence-corrected chi connectivity index (χ0v) is 20.3. The number of hydrazone groups is 1. The first-order chi connectivity index (χ1) is 15.5. The van der Waals surface area contributed by atoms with Gasteiger partial charge in [-0.2, -0.15) is 5.10 Å². The fourth-order valence-electron chi connectivity index (χ4n) is 4.17. The monoisotopic (exact) mass is 480 g/mol. The van der Waals surface area contributed by atoms with E-state index >= 15 is 0 Å². The maximum Gasteiger partial charge on any atom is 0.225 e. The molecule has 0 radical (unpaired) electrons. The summed E-state index contributed by atoms with van der Waals surface area (Å²) in [5, 5.41) is 10.2. The number of amides is 2. The number of benzene rings is 1. The summed E-state index contributed by atoms with van der Waals surface area (Å²) >= 11 is 12.0. The predicted molar refractivity (Wildman–Crippen MR) is 131 cm³/mol. The number of unbranched alkanes of at least 4 members (excludes halogenated alkanes) is 5. The molecule has 0 aliphatic carbocycles. The van der Waals surface area contributed by atoms with Crippen molar-refractivity contribution < 1.29 is 9.59 Å². The number of piperidine rings is 1. The van der Waals surface area contributed by atoms with E-state index in [1.54, 1.807) is 12.1 Å². The van der Waals surface area contributed by atoms with Gasteiger partial charge in [-0.25, -0.2) is 0 Å². The third kappa shape index (κ3) is 7.96. The van der Waals surface area contributed by atoms with Gasteiger partial charge in [0.2, 0.25) is 11.8 Å². The van der Waals surface area contributed by atoms with Gasteiger partial charge >= 0.3 is 0 Å². The van der Waals surface area contributed by atoms with Crippen LogP contribution in [0, 0.1) is 0 Å². The number of hydrogen-bond donors (Lipinski definition) is 1. The number of rotatable bonds is 10. The zero-order chi connectivity index (χ0) is 22.8. The van der Waals surface area contributed by atoms with Crippen molar-refractivity contribution in [1.82, 2.24) is 10.2 Å². The number of likely N-dealkylation sites (tertiary alicyclic amines) is 1. The average Bonchev–Trinajstić information content (AvgIpc) is 3.26. The molecule has 2 heterocycles. The van der Waals surface area contributed by atoms with E-state index < -0.39 is 0 Å². The molecule has 8 heteroatoms. The van der Waals surface area contributed by atoms with Crippen molar-refractivity contribution in [3.63, 3.8) is 0 Å². The average molecular weight is 481 g/mol. The van der Waals surface area contributed by atoms with Crippen LogP contribution in [0.3, 0.4) is 0 Å². The van der Waals surface area contributed by atoms with E-state index in [2.05, 4.69) is 10.4 Å². The fourth-order valence-corrected chi connectivity index (χ4v) is 4.46. The highest BCUT2D eigenvalue weighted by Crippen LogP contribution is 2.28. The summed E-state index contributed by atoms with van der Waals surface area (Å²) in [6.07, 6.45) is 11.7. The molecule has 1 aromatic rings. The Morgan fingerprint density at radius 2 is 1.56 bits per heavy atom. The molecule has 1 aromatic carbocycles. The molecule has 2 aliphatic heterocycles. The maximum absolute atomic E-state index is 12.2. The quantitative estimate of drug-likeness (QED) is 0.432. The Kier molecular flexibility index (Phi) is 10.1. The van der Waals surface area contributed by atoms with Crippen LogP contribution in [0.5, 0.6) is 0 Å². The second kappa shape index (κ2) is 13.0. The minimum atomic E-state index is 0.0202. The molecular weight excluding hydrogens is 447 g/mol. The van der Waals surface area contributed by atoms with Gasteiger partial charge in [-0.1, -0.05) is 48.9 Å². The van der Waals surface area contributed by atoms with Crippen molar-refractivity contribution in [1.29, 1.82) is 0 Å². The van der Waals surface area contributed by atoms with Crippen LogP contribution in [0.15, 0.2) is 23.3 Å². The molecule has 0 saturated carbocycles. The van der Waals surface area contributed by atoms with Gasteiger partial charge in [-0.15, -0.1) is 0 Å². The molecule has 6 nitrogen and oxygen atoms in total. The smallest absolute Gasteiger partial charge is 0.225 e. The summed E-state index contributed by atoms with van der Waals surface area (Å²) in [7, 11) is 0. The third-order valence-corrected chi connectivity index (χ3v) is 6.78. The van der Waals surface area contributed by atoms with Crippen LogP contribution < -0.4 is 10.3 Å². The van der Waals surface area contributed by atoms with E-state index in [0.717, 1.165) is 70.1 Å². The summed E-state index contributed by atoms with van der Waals surface area (Å²) < 4.78 is 0. The highest BCUT2D eigenvalue weighted by atomic mass is 35.5. The van der Waals surface area contributed by atoms with Gasteiger partial charge in [0.15, 0.2) is 0 Å². The van der Waals surface area contributed by atoms with Gasteiger partial charge in [-0.3, -0.25) is 14.6 Å². The van der Waals surface area contributed by atoms with E-state index in [4.69, 9.17) is 23.2 Å². The van der Waals surface area contributed by atoms with Crippen LogP contribution in [-0.2, 0) is 9.59 Å². The van der Waals surface area contributed by atoms with E-state index in [1.807, 2.05) is 16.0 Å². The van der Waals surface area contributed by atoms with E-state index in [9.17, 15) is 9.59 Å². The number of carbonyl (C=O) groups excluding carboxylic acids is 2. The van der Waals surface area contributed by atoms with Crippen LogP contribution in [0.1, 0.15) is 77.0 Å². The second-order valence-corrected chi connectivity index (χ2v) is 9.44. The van der Waals surface area contributed by atoms with Crippen molar-refractivity contribution in [3.05, 3.63) is 28.2 Å². The number of nitrogens with zero attached hydrogens (tertiary/aromatic N) is 3. The van der Waals surface area contributed by atoms with Crippen molar-refractivity contribution in [2.45, 2.75) is 77.0 Å². The van der Waals surface area contributed by atoms with Crippen LogP contribution in [-0.4, -0.2) is 42.2 Å². The lowest BCUT2D eigenvalue weighted by Crippen LogP contribution is -2.35. The third-order valence-electron chi connectivity index (χ3n) is 6.04. The summed E-state index contributed by atoms with van der Waals surface area (Å²) in [6, 6.07) is 5.39. The molecular formula is C24H34Cl2N4O2. The summed E-state index contributed by atoms with van der Waals surface area (Å²) in [5.74, 6) is 1.04. The van der Waals surface area contributed by atoms with Crippen molar-refractivity contribution in [2.24, 2.45) is 5.10 Å². The largest absolute Gasteiger partial charge is 0.343 e. The normalized spacial score (nSPS) is 16.2. The zero-order valence-electron chi connectivity index (χ0n) is 18.8. The fraction of sp³-hybridized carbons (Fsp3) is 0.625. The van der Waals surface area contributed by atoms with Crippen molar-refractivity contribution in [3.8, 4) is 0 Å². The van der Waals surface area contributed by atoms with Crippen molar-refractivity contribution in [2.75, 3.05) is 24.6 Å². The number of amidine groups is 1. The number of nitrogens with one attached hydrogen (secondary N) is 1. The molecule has 0 unspecified atom stereocenters. The van der Waals surface area contributed by atoms with Crippen LogP contribution in [0.4, 0.5) is 5.69 Å². The molecule has 32 heavy (non-hydrogen) atoms. The van der Waals surface area contributed by atoms with Gasteiger partial charge < -0.3 is 10.2 Å². The van der Waals surface area contributed by atoms with Crippen LogP contribution in [0.2, 0.25) is 10.0 Å². The highest BCUT2D eigenvalue weighted by molar-refractivity contribution is 6.42. The van der Waals surface area contributed by atoms with E-state index in [0.29, 0.717) is 47.6 Å². The Balaban J connectivity index is 1.23. The lowest BCUT2D eigenvalue weighted by atomic mass is 10.1. The lowest BCUT2D eigenvalue weighted by Gasteiger charge is -2.26. The highest BCUT2D eigenvalue weighted by Gasteiger charge is 2.18. The van der Waals surface area contributed by atoms with Gasteiger partial charge in [0.05, 0.1) is 15.7 Å². The van der Waals surface area contributed by atoms with Gasteiger partial charge in [0.1, 0.15) is 5.84 Å². The standard InChI is InChI=1S/C24H34Cl2N4O2/c25-20-13-12-19(18-21(20)26)30-17-14-22(28-30)27-23(31)10-6-3-1-2-4-7-11-24(32)29-15-8-5-9-16-29/h12-13,18H,1-11,14-17H2,(H,27,28,31). The van der Waals surface area contributed by atoms with Gasteiger partial charge in [0, 0.05) is 38.9 Å². The molecule has 0 spiro atoms. The first-order valence-corrected chi connectivity index (χ1v) is 12.7. The molecule has 1 saturated heterocycles. The number of hydrogen-bond acceptors (Lipinski definition) is 4. The lowest BCUT2D eigenvalue weighted by molar-refractivity contribution is -0.132. The molecule has 1 N–H and O–H groups in total. The minimum Gasteiger partial charge on any atom is -0.343 e. The molecule has 0 aromatic heterocycles. The molecule has 3 rings (SSSR count). The van der Waals surface area contributed by atoms with Crippen LogP contribution >= 0.6 is 23.2 Å². The second-order valence-electron chi connectivity index (χ2n) is 8.63. The Morgan fingerprint density at radius 3 is 2.28 bits per heavy atom. The molecule has 2 amide bonds. The molecule has 176 valence electrons. The summed E-state index contributed by atoms with van der Waals surface area (Å²) in [4.78, 5) is 26.4. The SMILES string of the molecule is O=C(CCCCCCCCC(=O)N1CCCCC1)NC1=NN(c2ccc(Cl)c(Cl)c2)CC1. The van der Waals surface area contributed by atoms with Gasteiger partial charge in [0.25, 0.3) is 0 Å². The summed E-state index contributed by atoms with van der Waals surface area (Å²) in [5.41, 5.74) is 0.862. The molecule has 0 bridgehead atoms. The predicted octanol–water partition coefficient (Wildman–Crippen LogP) is 5.77. The number of halogens is 2. The van der Waals surface area contributed by atoms with E-state index in [1.165, 1.54) is 6.42 Å². The number of carbonyl (C=O) groups is 2. The maximum atomic E-state index is 12.2. The first kappa shape index (κ1) is 24.8. The first-order valence-electron chi connectivity index (χ1n) is 11.9. The molecule has 2 aliphatic rings. The van der Waals surface area contributed by atoms with Crippen molar-refractivity contribution >= 4 is 46.5 Å². The Morgan fingerprint density at radius 1 is 0.875 bits per heavy atom. The van der Waals surface area contributed by atoms with Crippen LogP contribution in [0.25, 0.3) is 0 Å². The minimum absolute atomic E-state index is 0.0202. The summed E-state index contributed by atoms with van der Waals surface area (Å²) in [6.45, 7) is 2.59. The molecule has 0 atom stereocenters. The Hall–Kier alpha value is -1.79. The number of anilines is 1. The molecule has 1 fully saturated rings. The Labute approximate surface area is 201 Å².